The van der Waals surface area contributed by atoms with Crippen LogP contribution in [0.5, 0.6) is 0 Å². The van der Waals surface area contributed by atoms with Gasteiger partial charge in [0, 0.05) is 17.3 Å². The predicted molar refractivity (Wildman–Crippen MR) is 95.6 cm³/mol. The molecular formula is C18H14ClN3O2. The van der Waals surface area contributed by atoms with E-state index in [1.54, 1.807) is 24.3 Å². The second kappa shape index (κ2) is 7.10. The van der Waals surface area contributed by atoms with Crippen LogP contribution >= 0.6 is 11.6 Å². The summed E-state index contributed by atoms with van der Waals surface area (Å²) in [5.74, 6) is -0.754. The maximum atomic E-state index is 12.2. The van der Waals surface area contributed by atoms with E-state index in [0.29, 0.717) is 16.4 Å². The normalized spacial score (nSPS) is 16.4. The molecule has 0 fully saturated rings. The van der Waals surface area contributed by atoms with Crippen molar-refractivity contribution in [3.05, 3.63) is 65.2 Å². The van der Waals surface area contributed by atoms with E-state index in [9.17, 15) is 9.59 Å². The van der Waals surface area contributed by atoms with Crippen molar-refractivity contribution in [1.82, 2.24) is 5.32 Å². The molecule has 2 amide bonds. The molecule has 2 aromatic rings. The van der Waals surface area contributed by atoms with Gasteiger partial charge < -0.3 is 10.6 Å². The molecule has 0 saturated carbocycles. The summed E-state index contributed by atoms with van der Waals surface area (Å²) >= 11 is 5.92. The molecule has 0 spiro atoms. The van der Waals surface area contributed by atoms with Crippen LogP contribution in [0.1, 0.15) is 5.56 Å². The van der Waals surface area contributed by atoms with Crippen LogP contribution < -0.4 is 10.6 Å². The fourth-order valence-corrected chi connectivity index (χ4v) is 2.37. The Morgan fingerprint density at radius 2 is 2.00 bits per heavy atom. The highest BCUT2D eigenvalue weighted by molar-refractivity contribution is 6.31. The quantitative estimate of drug-likeness (QED) is 0.843. The Kier molecular flexibility index (Phi) is 4.72. The van der Waals surface area contributed by atoms with E-state index in [0.717, 1.165) is 5.56 Å². The molecular weight excluding hydrogens is 326 g/mol. The summed E-state index contributed by atoms with van der Waals surface area (Å²) in [7, 11) is 0. The van der Waals surface area contributed by atoms with Crippen LogP contribution in [0, 0.1) is 0 Å². The van der Waals surface area contributed by atoms with Gasteiger partial charge in [-0.2, -0.15) is 0 Å². The smallest absolute Gasteiger partial charge is 0.252 e. The van der Waals surface area contributed by atoms with E-state index in [1.165, 1.54) is 12.3 Å². The maximum Gasteiger partial charge on any atom is 0.252 e. The second-order valence-electron chi connectivity index (χ2n) is 5.16. The topological polar surface area (TPSA) is 70.6 Å². The molecule has 2 aromatic carbocycles. The Morgan fingerprint density at radius 1 is 1.21 bits per heavy atom. The monoisotopic (exact) mass is 339 g/mol. The highest BCUT2D eigenvalue weighted by Gasteiger charge is 2.21. The summed E-state index contributed by atoms with van der Waals surface area (Å²) in [6.45, 7) is 0. The van der Waals surface area contributed by atoms with Gasteiger partial charge in [0.05, 0.1) is 11.4 Å². The lowest BCUT2D eigenvalue weighted by Gasteiger charge is -2.11. The van der Waals surface area contributed by atoms with Crippen molar-refractivity contribution in [2.45, 2.75) is 6.04 Å². The minimum Gasteiger partial charge on any atom is -0.336 e. The van der Waals surface area contributed by atoms with Crippen LogP contribution in [-0.4, -0.2) is 24.1 Å². The lowest BCUT2D eigenvalue weighted by Crippen LogP contribution is -2.43. The molecule has 1 aliphatic heterocycles. The summed E-state index contributed by atoms with van der Waals surface area (Å²) in [5.41, 5.74) is 2.00. The van der Waals surface area contributed by atoms with Gasteiger partial charge in [-0.1, -0.05) is 41.9 Å². The molecule has 1 atom stereocenters. The first-order valence-corrected chi connectivity index (χ1v) is 7.68. The third-order valence-electron chi connectivity index (χ3n) is 3.39. The Bertz CT molecular complexity index is 831. The van der Waals surface area contributed by atoms with E-state index < -0.39 is 6.04 Å². The molecule has 0 aromatic heterocycles. The third kappa shape index (κ3) is 3.88. The fourth-order valence-electron chi connectivity index (χ4n) is 2.19. The molecule has 5 nitrogen and oxygen atoms in total. The number of hydrogen-bond acceptors (Lipinski definition) is 3. The molecule has 6 heteroatoms. The van der Waals surface area contributed by atoms with Crippen molar-refractivity contribution in [2.24, 2.45) is 4.99 Å². The molecule has 1 heterocycles. The molecule has 0 aliphatic carbocycles. The van der Waals surface area contributed by atoms with Gasteiger partial charge in [0.25, 0.3) is 5.91 Å². The summed E-state index contributed by atoms with van der Waals surface area (Å²) < 4.78 is 0. The van der Waals surface area contributed by atoms with Gasteiger partial charge in [-0.15, -0.1) is 0 Å². The van der Waals surface area contributed by atoms with Crippen LogP contribution in [0.3, 0.4) is 0 Å². The SMILES string of the molecule is O=C(/C=C/c1ccccc1)NC1C=Nc2ccc(Cl)cc2NC1=O. The largest absolute Gasteiger partial charge is 0.336 e. The van der Waals surface area contributed by atoms with Crippen LogP contribution in [-0.2, 0) is 9.59 Å². The molecule has 0 bridgehead atoms. The Morgan fingerprint density at radius 3 is 2.79 bits per heavy atom. The van der Waals surface area contributed by atoms with Gasteiger partial charge in [-0.3, -0.25) is 14.6 Å². The predicted octanol–water partition coefficient (Wildman–Crippen LogP) is 3.19. The lowest BCUT2D eigenvalue weighted by atomic mass is 10.2. The lowest BCUT2D eigenvalue weighted by molar-refractivity contribution is -0.122. The number of rotatable bonds is 3. The van der Waals surface area contributed by atoms with Gasteiger partial charge in [-0.25, -0.2) is 0 Å². The Hall–Kier alpha value is -2.92. The van der Waals surface area contributed by atoms with Gasteiger partial charge in [0.15, 0.2) is 0 Å². The first-order valence-electron chi connectivity index (χ1n) is 7.30. The number of nitrogens with zero attached hydrogens (tertiary/aromatic N) is 1. The van der Waals surface area contributed by atoms with E-state index in [4.69, 9.17) is 11.6 Å². The number of halogens is 1. The van der Waals surface area contributed by atoms with Crippen molar-refractivity contribution < 1.29 is 9.59 Å². The number of amides is 2. The number of carbonyl (C=O) groups is 2. The molecule has 1 aliphatic rings. The summed E-state index contributed by atoms with van der Waals surface area (Å²) in [5, 5.41) is 5.81. The van der Waals surface area contributed by atoms with Crippen LogP contribution in [0.2, 0.25) is 5.02 Å². The van der Waals surface area contributed by atoms with Crippen molar-refractivity contribution in [3.8, 4) is 0 Å². The molecule has 3 rings (SSSR count). The van der Waals surface area contributed by atoms with Crippen molar-refractivity contribution >= 4 is 47.1 Å². The van der Waals surface area contributed by atoms with E-state index in [1.807, 2.05) is 30.3 Å². The van der Waals surface area contributed by atoms with Gasteiger partial charge >= 0.3 is 0 Å². The number of nitrogens with one attached hydrogen (secondary N) is 2. The summed E-state index contributed by atoms with van der Waals surface area (Å²) in [4.78, 5) is 28.4. The summed E-state index contributed by atoms with van der Waals surface area (Å²) in [6.07, 6.45) is 4.46. The van der Waals surface area contributed by atoms with Crippen LogP contribution in [0.25, 0.3) is 6.08 Å². The number of anilines is 1. The number of fused-ring (bicyclic) bond motifs is 1. The average Bonchev–Trinajstić information content (AvgIpc) is 2.73. The Balaban J connectivity index is 1.69. The second-order valence-corrected chi connectivity index (χ2v) is 5.60. The zero-order chi connectivity index (χ0) is 16.9. The molecule has 1 unspecified atom stereocenters. The average molecular weight is 340 g/mol. The highest BCUT2D eigenvalue weighted by atomic mass is 35.5. The highest BCUT2D eigenvalue weighted by Crippen LogP contribution is 2.29. The van der Waals surface area contributed by atoms with E-state index in [-0.39, 0.29) is 11.8 Å². The first kappa shape index (κ1) is 16.0. The standard InChI is InChI=1S/C18H14ClN3O2/c19-13-7-8-14-15(10-13)22-18(24)16(11-20-14)21-17(23)9-6-12-4-2-1-3-5-12/h1-11,16H,(H,21,23)(H,22,24)/b9-6+. The van der Waals surface area contributed by atoms with Crippen molar-refractivity contribution in [2.75, 3.05) is 5.32 Å². The minimum absolute atomic E-state index is 0.374. The zero-order valence-electron chi connectivity index (χ0n) is 12.6. The van der Waals surface area contributed by atoms with Crippen LogP contribution in [0.4, 0.5) is 11.4 Å². The number of hydrogen-bond donors (Lipinski definition) is 2. The Labute approximate surface area is 144 Å². The van der Waals surface area contributed by atoms with Crippen molar-refractivity contribution in [3.63, 3.8) is 0 Å². The van der Waals surface area contributed by atoms with Gasteiger partial charge in [0.2, 0.25) is 5.91 Å². The zero-order valence-corrected chi connectivity index (χ0v) is 13.3. The number of carbonyl (C=O) groups excluding carboxylic acids is 2. The number of benzene rings is 2. The molecule has 120 valence electrons. The van der Waals surface area contributed by atoms with Gasteiger partial charge in [0.1, 0.15) is 6.04 Å². The third-order valence-corrected chi connectivity index (χ3v) is 3.62. The molecule has 24 heavy (non-hydrogen) atoms. The minimum atomic E-state index is -0.857. The molecule has 2 N–H and O–H groups in total. The van der Waals surface area contributed by atoms with Crippen LogP contribution in [0.15, 0.2) is 59.6 Å². The van der Waals surface area contributed by atoms with E-state index in [2.05, 4.69) is 15.6 Å². The summed E-state index contributed by atoms with van der Waals surface area (Å²) in [6, 6.07) is 13.6. The van der Waals surface area contributed by atoms with Gasteiger partial charge in [-0.05, 0) is 29.8 Å². The van der Waals surface area contributed by atoms with E-state index >= 15 is 0 Å². The molecule has 0 radical (unpaired) electrons. The fraction of sp³-hybridized carbons (Fsp3) is 0.0556. The number of aliphatic imine (C=N–C) groups is 1. The first-order chi connectivity index (χ1) is 11.6. The van der Waals surface area contributed by atoms with Crippen molar-refractivity contribution in [1.29, 1.82) is 0 Å². The maximum absolute atomic E-state index is 12.2. The molecule has 0 saturated heterocycles.